The normalized spacial score (nSPS) is 11.5. The number of nitrogens with zero attached hydrogens (tertiary/aromatic N) is 1. The van der Waals surface area contributed by atoms with E-state index in [0.717, 1.165) is 22.4 Å². The van der Waals surface area contributed by atoms with Gasteiger partial charge in [-0.25, -0.2) is 0 Å². The molecular weight excluding hydrogens is 338 g/mol. The maximum absolute atomic E-state index is 9.63. The van der Waals surface area contributed by atoms with Crippen molar-refractivity contribution in [2.24, 2.45) is 5.73 Å². The maximum Gasteiger partial charge on any atom is 0.103 e. The fourth-order valence-corrected chi connectivity index (χ4v) is 3.44. The first-order valence-electron chi connectivity index (χ1n) is 8.22. The molecule has 0 heterocycles. The van der Waals surface area contributed by atoms with Crippen molar-refractivity contribution in [1.82, 2.24) is 0 Å². The predicted octanol–water partition coefficient (Wildman–Crippen LogP) is 4.80. The maximum atomic E-state index is 9.63. The minimum absolute atomic E-state index is 0.481. The highest BCUT2D eigenvalue weighted by molar-refractivity contribution is 8.03. The number of nitriles is 1. The van der Waals surface area contributed by atoms with E-state index in [1.165, 1.54) is 17.3 Å². The Hall–Kier alpha value is -3.16. The van der Waals surface area contributed by atoms with Crippen LogP contribution in [0, 0.1) is 11.3 Å². The van der Waals surface area contributed by atoms with Crippen molar-refractivity contribution in [1.29, 1.82) is 5.26 Å². The Morgan fingerprint density at radius 3 is 2.27 bits per heavy atom. The van der Waals surface area contributed by atoms with Crippen molar-refractivity contribution in [2.75, 3.05) is 5.73 Å². The van der Waals surface area contributed by atoms with Crippen LogP contribution in [0.15, 0.2) is 88.8 Å². The molecule has 3 nitrogen and oxygen atoms in total. The highest BCUT2D eigenvalue weighted by Crippen LogP contribution is 2.30. The summed E-state index contributed by atoms with van der Waals surface area (Å²) in [5, 5.41) is 10.1. The summed E-state index contributed by atoms with van der Waals surface area (Å²) in [6.07, 6.45) is 0.818. The van der Waals surface area contributed by atoms with Crippen LogP contribution in [0.3, 0.4) is 0 Å². The molecule has 0 radical (unpaired) electrons. The highest BCUT2D eigenvalue weighted by Gasteiger charge is 2.09. The Balaban J connectivity index is 1.86. The van der Waals surface area contributed by atoms with Crippen LogP contribution in [0.2, 0.25) is 0 Å². The molecule has 26 heavy (non-hydrogen) atoms. The number of benzene rings is 3. The zero-order valence-electron chi connectivity index (χ0n) is 14.2. The summed E-state index contributed by atoms with van der Waals surface area (Å²) in [5.41, 5.74) is 16.3. The van der Waals surface area contributed by atoms with Crippen LogP contribution < -0.4 is 11.5 Å². The van der Waals surface area contributed by atoms with Crippen molar-refractivity contribution in [3.05, 3.63) is 101 Å². The number of nitrogens with two attached hydrogens (primary N) is 2. The van der Waals surface area contributed by atoms with E-state index in [-0.39, 0.29) is 0 Å². The minimum atomic E-state index is 0.481. The van der Waals surface area contributed by atoms with E-state index in [1.54, 1.807) is 0 Å². The lowest BCUT2D eigenvalue weighted by atomic mass is 10.00. The lowest BCUT2D eigenvalue weighted by Gasteiger charge is -2.08. The Kier molecular flexibility index (Phi) is 5.62. The SMILES string of the molecule is N#C/C(=C(\N)Sc1ccc(N)cc1)c1cccc(Cc2ccccc2)c1. The minimum Gasteiger partial charge on any atom is -0.399 e. The van der Waals surface area contributed by atoms with Crippen LogP contribution >= 0.6 is 11.8 Å². The first kappa shape index (κ1) is 17.7. The first-order valence-corrected chi connectivity index (χ1v) is 9.04. The molecular formula is C22H19N3S. The van der Waals surface area contributed by atoms with E-state index in [9.17, 15) is 5.26 Å². The summed E-state index contributed by atoms with van der Waals surface area (Å²) in [7, 11) is 0. The van der Waals surface area contributed by atoms with Gasteiger partial charge in [-0.3, -0.25) is 0 Å². The van der Waals surface area contributed by atoms with E-state index >= 15 is 0 Å². The summed E-state index contributed by atoms with van der Waals surface area (Å²) in [4.78, 5) is 0.949. The molecule has 0 saturated carbocycles. The fourth-order valence-electron chi connectivity index (χ4n) is 2.64. The third-order valence-electron chi connectivity index (χ3n) is 3.93. The summed E-state index contributed by atoms with van der Waals surface area (Å²) in [6, 6.07) is 27.9. The molecule has 0 fully saturated rings. The monoisotopic (exact) mass is 357 g/mol. The number of thioether (sulfide) groups is 1. The lowest BCUT2D eigenvalue weighted by molar-refractivity contribution is 1.19. The van der Waals surface area contributed by atoms with Gasteiger partial charge in [0.1, 0.15) is 6.07 Å². The summed E-state index contributed by atoms with van der Waals surface area (Å²) in [5.74, 6) is 0. The second kappa shape index (κ2) is 8.28. The zero-order chi connectivity index (χ0) is 18.4. The van der Waals surface area contributed by atoms with Crippen molar-refractivity contribution in [3.63, 3.8) is 0 Å². The molecule has 4 heteroatoms. The van der Waals surface area contributed by atoms with Gasteiger partial charge in [-0.05, 0) is 53.4 Å². The molecule has 128 valence electrons. The van der Waals surface area contributed by atoms with Gasteiger partial charge in [-0.15, -0.1) is 0 Å². The Labute approximate surface area is 158 Å². The largest absolute Gasteiger partial charge is 0.399 e. The summed E-state index contributed by atoms with van der Waals surface area (Å²) in [6.45, 7) is 0. The Bertz CT molecular complexity index is 955. The Morgan fingerprint density at radius 1 is 0.885 bits per heavy atom. The van der Waals surface area contributed by atoms with Gasteiger partial charge in [0.25, 0.3) is 0 Å². The zero-order valence-corrected chi connectivity index (χ0v) is 15.0. The van der Waals surface area contributed by atoms with E-state index in [0.29, 0.717) is 16.3 Å². The van der Waals surface area contributed by atoms with Crippen molar-refractivity contribution < 1.29 is 0 Å². The molecule has 0 aromatic heterocycles. The summed E-state index contributed by atoms with van der Waals surface area (Å²) < 4.78 is 0. The molecule has 0 amide bonds. The molecule has 3 aromatic carbocycles. The van der Waals surface area contributed by atoms with Crippen LogP contribution in [-0.4, -0.2) is 0 Å². The molecule has 0 unspecified atom stereocenters. The molecule has 3 aromatic rings. The molecule has 4 N–H and O–H groups in total. The van der Waals surface area contributed by atoms with Gasteiger partial charge in [0.2, 0.25) is 0 Å². The number of allylic oxidation sites excluding steroid dienone is 1. The molecule has 0 aliphatic rings. The molecule has 0 aliphatic carbocycles. The first-order chi connectivity index (χ1) is 12.7. The number of nitrogen functional groups attached to an aromatic ring is 1. The van der Waals surface area contributed by atoms with Crippen LogP contribution in [0.25, 0.3) is 5.57 Å². The number of hydrogen-bond donors (Lipinski definition) is 2. The van der Waals surface area contributed by atoms with Crippen LogP contribution in [0.5, 0.6) is 0 Å². The Morgan fingerprint density at radius 2 is 1.58 bits per heavy atom. The van der Waals surface area contributed by atoms with E-state index in [4.69, 9.17) is 11.5 Å². The van der Waals surface area contributed by atoms with Crippen molar-refractivity contribution in [3.8, 4) is 6.07 Å². The van der Waals surface area contributed by atoms with Gasteiger partial charge in [-0.1, -0.05) is 60.3 Å². The van der Waals surface area contributed by atoms with Gasteiger partial charge >= 0.3 is 0 Å². The van der Waals surface area contributed by atoms with E-state index in [2.05, 4.69) is 24.3 Å². The average molecular weight is 357 g/mol. The molecule has 0 spiro atoms. The second-order valence-electron chi connectivity index (χ2n) is 5.88. The van der Waals surface area contributed by atoms with Crippen molar-refractivity contribution in [2.45, 2.75) is 11.3 Å². The van der Waals surface area contributed by atoms with Crippen LogP contribution in [0.4, 0.5) is 5.69 Å². The molecule has 3 rings (SSSR count). The third kappa shape index (κ3) is 4.47. The van der Waals surface area contributed by atoms with E-state index in [1.807, 2.05) is 60.7 Å². The van der Waals surface area contributed by atoms with Gasteiger partial charge in [0, 0.05) is 10.6 Å². The predicted molar refractivity (Wildman–Crippen MR) is 109 cm³/mol. The van der Waals surface area contributed by atoms with Crippen LogP contribution in [-0.2, 0) is 6.42 Å². The third-order valence-corrected chi connectivity index (χ3v) is 4.86. The molecule has 0 atom stereocenters. The molecule has 0 saturated heterocycles. The smallest absolute Gasteiger partial charge is 0.103 e. The quantitative estimate of drug-likeness (QED) is 0.390. The van der Waals surface area contributed by atoms with Crippen LogP contribution in [0.1, 0.15) is 16.7 Å². The topological polar surface area (TPSA) is 75.8 Å². The van der Waals surface area contributed by atoms with Gasteiger partial charge < -0.3 is 11.5 Å². The number of rotatable bonds is 5. The lowest BCUT2D eigenvalue weighted by Crippen LogP contribution is -1.98. The standard InChI is InChI=1S/C22H19N3S/c23-15-21(22(25)26-20-11-9-19(24)10-12-20)18-8-4-7-17(14-18)13-16-5-2-1-3-6-16/h1-12,14H,13,24-25H2/b22-21-. The van der Waals surface area contributed by atoms with Gasteiger partial charge in [-0.2, -0.15) is 5.26 Å². The average Bonchev–Trinajstić information content (AvgIpc) is 2.65. The van der Waals surface area contributed by atoms with Gasteiger partial charge in [0.15, 0.2) is 0 Å². The van der Waals surface area contributed by atoms with E-state index < -0.39 is 0 Å². The fraction of sp³-hybridized carbons (Fsp3) is 0.0455. The van der Waals surface area contributed by atoms with Gasteiger partial charge in [0.05, 0.1) is 10.6 Å². The number of hydrogen-bond acceptors (Lipinski definition) is 4. The summed E-state index contributed by atoms with van der Waals surface area (Å²) >= 11 is 1.37. The molecule has 0 bridgehead atoms. The number of anilines is 1. The highest BCUT2D eigenvalue weighted by atomic mass is 32.2. The second-order valence-corrected chi connectivity index (χ2v) is 7.00. The van der Waals surface area contributed by atoms with Crippen molar-refractivity contribution >= 4 is 23.0 Å². The molecule has 0 aliphatic heterocycles.